The zero-order valence-electron chi connectivity index (χ0n) is 18.6. The highest BCUT2D eigenvalue weighted by Gasteiger charge is 2.25. The monoisotopic (exact) mass is 420 g/mol. The molecule has 0 radical (unpaired) electrons. The number of carbonyl (C=O) groups excluding carboxylic acids is 2. The maximum absolute atomic E-state index is 12.6. The van der Waals surface area contributed by atoms with Gasteiger partial charge in [0.05, 0.1) is 0 Å². The molecule has 1 aliphatic heterocycles. The van der Waals surface area contributed by atoms with E-state index in [4.69, 9.17) is 4.74 Å². The van der Waals surface area contributed by atoms with E-state index >= 15 is 0 Å². The van der Waals surface area contributed by atoms with Gasteiger partial charge in [0.1, 0.15) is 5.75 Å². The number of likely N-dealkylation sites (tertiary alicyclic amines) is 1. The molecule has 1 fully saturated rings. The highest BCUT2D eigenvalue weighted by Crippen LogP contribution is 2.26. The Bertz CT molecular complexity index is 900. The average Bonchev–Trinajstić information content (AvgIpc) is 2.78. The lowest BCUT2D eigenvalue weighted by Crippen LogP contribution is -2.49. The van der Waals surface area contributed by atoms with Crippen molar-refractivity contribution < 1.29 is 14.3 Å². The molecule has 164 valence electrons. The van der Waals surface area contributed by atoms with E-state index in [1.165, 1.54) is 0 Å². The summed E-state index contributed by atoms with van der Waals surface area (Å²) in [6.07, 6.45) is 4.37. The Kier molecular flexibility index (Phi) is 7.88. The second-order valence-electron chi connectivity index (χ2n) is 8.30. The predicted molar refractivity (Wildman–Crippen MR) is 124 cm³/mol. The second-order valence-corrected chi connectivity index (χ2v) is 8.30. The summed E-state index contributed by atoms with van der Waals surface area (Å²) < 4.78 is 5.96. The van der Waals surface area contributed by atoms with Crippen molar-refractivity contribution in [3.05, 3.63) is 71.8 Å². The Morgan fingerprint density at radius 3 is 2.32 bits per heavy atom. The summed E-state index contributed by atoms with van der Waals surface area (Å²) in [4.78, 5) is 26.9. The molecule has 1 N–H and O–H groups in total. The summed E-state index contributed by atoms with van der Waals surface area (Å²) in [5.41, 5.74) is 2.10. The molecule has 0 spiro atoms. The molecule has 1 saturated heterocycles. The fraction of sp³-hybridized carbons (Fsp3) is 0.385. The number of nitrogens with zero attached hydrogens (tertiary/aromatic N) is 1. The summed E-state index contributed by atoms with van der Waals surface area (Å²) in [7, 11) is 0. The highest BCUT2D eigenvalue weighted by atomic mass is 16.5. The first-order chi connectivity index (χ1) is 14.9. The normalized spacial score (nSPS) is 15.8. The van der Waals surface area contributed by atoms with Gasteiger partial charge in [0, 0.05) is 25.2 Å². The van der Waals surface area contributed by atoms with Gasteiger partial charge in [-0.1, -0.05) is 62.4 Å². The van der Waals surface area contributed by atoms with Gasteiger partial charge in [0.25, 0.3) is 5.91 Å². The van der Waals surface area contributed by atoms with Gasteiger partial charge in [-0.3, -0.25) is 9.59 Å². The largest absolute Gasteiger partial charge is 0.481 e. The van der Waals surface area contributed by atoms with Gasteiger partial charge in [-0.2, -0.15) is 0 Å². The van der Waals surface area contributed by atoms with Crippen LogP contribution < -0.4 is 10.1 Å². The molecule has 0 bridgehead atoms. The van der Waals surface area contributed by atoms with Crippen LogP contribution in [-0.4, -0.2) is 41.9 Å². The molecule has 2 aromatic carbocycles. The first-order valence-corrected chi connectivity index (χ1v) is 11.0. The molecule has 1 unspecified atom stereocenters. The molecule has 1 aliphatic rings. The number of piperidine rings is 1. The average molecular weight is 421 g/mol. The molecular formula is C26H32N2O3. The molecule has 0 saturated carbocycles. The van der Waals surface area contributed by atoms with E-state index in [1.807, 2.05) is 65.6 Å². The molecule has 5 nitrogen and oxygen atoms in total. The Morgan fingerprint density at radius 1 is 1.00 bits per heavy atom. The molecule has 0 aromatic heterocycles. The number of carbonyl (C=O) groups is 2. The van der Waals surface area contributed by atoms with Gasteiger partial charge in [0.2, 0.25) is 5.91 Å². The minimum Gasteiger partial charge on any atom is -0.481 e. The van der Waals surface area contributed by atoms with Crippen molar-refractivity contribution >= 4 is 17.9 Å². The minimum atomic E-state index is -0.576. The lowest BCUT2D eigenvalue weighted by atomic mass is 10.0. The molecule has 2 aromatic rings. The molecule has 1 atom stereocenters. The molecule has 5 heteroatoms. The van der Waals surface area contributed by atoms with Gasteiger partial charge < -0.3 is 15.0 Å². The van der Waals surface area contributed by atoms with E-state index in [0.717, 1.165) is 29.7 Å². The van der Waals surface area contributed by atoms with E-state index in [-0.39, 0.29) is 17.9 Å². The second kappa shape index (κ2) is 10.8. The van der Waals surface area contributed by atoms with Crippen LogP contribution in [0.25, 0.3) is 6.08 Å². The zero-order valence-corrected chi connectivity index (χ0v) is 18.6. The first kappa shape index (κ1) is 22.6. The van der Waals surface area contributed by atoms with Crippen molar-refractivity contribution in [2.75, 3.05) is 13.1 Å². The molecule has 2 amide bonds. The molecule has 3 rings (SSSR count). The summed E-state index contributed by atoms with van der Waals surface area (Å²) in [6.45, 7) is 7.26. The topological polar surface area (TPSA) is 58.6 Å². The Morgan fingerprint density at radius 2 is 1.65 bits per heavy atom. The number of benzene rings is 2. The van der Waals surface area contributed by atoms with Crippen molar-refractivity contribution in [1.82, 2.24) is 10.2 Å². The lowest BCUT2D eigenvalue weighted by Gasteiger charge is -2.32. The van der Waals surface area contributed by atoms with Crippen LogP contribution in [0.4, 0.5) is 0 Å². The van der Waals surface area contributed by atoms with Gasteiger partial charge >= 0.3 is 0 Å². The van der Waals surface area contributed by atoms with Crippen molar-refractivity contribution in [2.45, 2.75) is 51.7 Å². The number of para-hydroxylation sites is 1. The first-order valence-electron chi connectivity index (χ1n) is 11.0. The fourth-order valence-corrected chi connectivity index (χ4v) is 3.71. The Labute approximate surface area is 185 Å². The van der Waals surface area contributed by atoms with Gasteiger partial charge in [-0.15, -0.1) is 0 Å². The molecule has 1 heterocycles. The third kappa shape index (κ3) is 6.45. The maximum atomic E-state index is 12.6. The van der Waals surface area contributed by atoms with E-state index in [2.05, 4.69) is 19.2 Å². The smallest absolute Gasteiger partial charge is 0.260 e. The summed E-state index contributed by atoms with van der Waals surface area (Å²) >= 11 is 0. The van der Waals surface area contributed by atoms with Crippen molar-refractivity contribution in [1.29, 1.82) is 0 Å². The Hall–Kier alpha value is -3.08. The van der Waals surface area contributed by atoms with Crippen molar-refractivity contribution in [3.63, 3.8) is 0 Å². The van der Waals surface area contributed by atoms with Crippen LogP contribution in [0.5, 0.6) is 5.75 Å². The number of ether oxygens (including phenoxy) is 1. The quantitative estimate of drug-likeness (QED) is 0.676. The summed E-state index contributed by atoms with van der Waals surface area (Å²) in [6, 6.07) is 17.7. The summed E-state index contributed by atoms with van der Waals surface area (Å²) in [5, 5.41) is 3.08. The van der Waals surface area contributed by atoms with Crippen LogP contribution in [-0.2, 0) is 9.59 Å². The number of nitrogens with one attached hydrogen (secondary N) is 1. The van der Waals surface area contributed by atoms with Crippen LogP contribution in [0.1, 0.15) is 50.7 Å². The van der Waals surface area contributed by atoms with Gasteiger partial charge in [0.15, 0.2) is 6.10 Å². The third-order valence-electron chi connectivity index (χ3n) is 5.58. The van der Waals surface area contributed by atoms with E-state index < -0.39 is 6.10 Å². The molecule has 0 aliphatic carbocycles. The molecular weight excluding hydrogens is 388 g/mol. The predicted octanol–water partition coefficient (Wildman–Crippen LogP) is 4.40. The highest BCUT2D eigenvalue weighted by molar-refractivity contribution is 5.91. The number of hydrogen-bond donors (Lipinski definition) is 1. The van der Waals surface area contributed by atoms with Crippen LogP contribution in [0, 0.1) is 0 Å². The zero-order chi connectivity index (χ0) is 22.2. The lowest BCUT2D eigenvalue weighted by molar-refractivity contribution is -0.129. The van der Waals surface area contributed by atoms with E-state index in [1.54, 1.807) is 13.0 Å². The van der Waals surface area contributed by atoms with Gasteiger partial charge in [-0.05, 0) is 49.0 Å². The van der Waals surface area contributed by atoms with E-state index in [0.29, 0.717) is 19.0 Å². The van der Waals surface area contributed by atoms with Crippen LogP contribution in [0.2, 0.25) is 0 Å². The van der Waals surface area contributed by atoms with E-state index in [9.17, 15) is 9.59 Å². The van der Waals surface area contributed by atoms with Crippen LogP contribution >= 0.6 is 0 Å². The third-order valence-corrected chi connectivity index (χ3v) is 5.58. The number of amides is 2. The Balaban J connectivity index is 1.46. The maximum Gasteiger partial charge on any atom is 0.260 e. The minimum absolute atomic E-state index is 0.00984. The number of hydrogen-bond acceptors (Lipinski definition) is 3. The number of rotatable bonds is 7. The fourth-order valence-electron chi connectivity index (χ4n) is 3.71. The van der Waals surface area contributed by atoms with Crippen LogP contribution in [0.15, 0.2) is 60.7 Å². The van der Waals surface area contributed by atoms with Crippen molar-refractivity contribution in [2.24, 2.45) is 0 Å². The molecule has 31 heavy (non-hydrogen) atoms. The van der Waals surface area contributed by atoms with Crippen molar-refractivity contribution in [3.8, 4) is 5.75 Å². The SMILES string of the molecule is CC(Oc1ccccc1C(C)C)C(=O)NC1CCN(C(=O)/C=C/c2ccccc2)CC1. The van der Waals surface area contributed by atoms with Gasteiger partial charge in [-0.25, -0.2) is 0 Å². The summed E-state index contributed by atoms with van der Waals surface area (Å²) in [5.74, 6) is 0.970. The standard InChI is InChI=1S/C26H32N2O3/c1-19(2)23-11-7-8-12-24(23)31-20(3)26(30)27-22-15-17-28(18-16-22)25(29)14-13-21-9-5-4-6-10-21/h4-14,19-20,22H,15-18H2,1-3H3,(H,27,30)/b14-13+. The van der Waals surface area contributed by atoms with Crippen LogP contribution in [0.3, 0.4) is 0 Å².